The lowest BCUT2D eigenvalue weighted by Gasteiger charge is -2.24. The normalized spacial score (nSPS) is 11.8. The van der Waals surface area contributed by atoms with E-state index < -0.39 is 5.60 Å². The van der Waals surface area contributed by atoms with E-state index in [0.717, 1.165) is 19.4 Å². The van der Waals surface area contributed by atoms with Crippen molar-refractivity contribution in [2.75, 3.05) is 172 Å². The fraction of sp³-hybridized carbons (Fsp3) is 0.971. The van der Waals surface area contributed by atoms with Gasteiger partial charge in [0.2, 0.25) is 0 Å². The molecule has 0 aliphatic heterocycles. The number of ether oxygens (including phenoxy) is 13. The van der Waals surface area contributed by atoms with E-state index >= 15 is 0 Å². The predicted molar refractivity (Wildman–Crippen MR) is 184 cm³/mol. The van der Waals surface area contributed by atoms with Crippen molar-refractivity contribution < 1.29 is 66.4 Å². The van der Waals surface area contributed by atoms with Crippen LogP contribution in [-0.2, 0) is 61.6 Å². The molecule has 0 aromatic heterocycles. The Morgan fingerprint density at radius 1 is 0.408 bits per heavy atom. The molecule has 0 rings (SSSR count). The largest absolute Gasteiger partial charge is 0.444 e. The molecule has 0 aromatic rings. The quantitative estimate of drug-likeness (QED) is 0.0862. The highest BCUT2D eigenvalue weighted by molar-refractivity contribution is 5.67. The third kappa shape index (κ3) is 41.1. The molecule has 0 aliphatic rings. The van der Waals surface area contributed by atoms with Crippen LogP contribution in [0.2, 0.25) is 0 Å². The van der Waals surface area contributed by atoms with Crippen LogP contribution in [0.5, 0.6) is 0 Å². The van der Waals surface area contributed by atoms with Crippen molar-refractivity contribution in [2.45, 2.75) is 46.1 Å². The summed E-state index contributed by atoms with van der Waals surface area (Å²) >= 11 is 0. The van der Waals surface area contributed by atoms with Gasteiger partial charge in [0.1, 0.15) is 5.60 Å². The summed E-state index contributed by atoms with van der Waals surface area (Å²) in [5.74, 6) is 0. The number of carbonyl (C=O) groups is 1. The number of hydrogen-bond acceptors (Lipinski definition) is 14. The first-order valence-electron chi connectivity index (χ1n) is 17.7. The Morgan fingerprint density at radius 3 is 0.857 bits per heavy atom. The van der Waals surface area contributed by atoms with Crippen LogP contribution in [0.25, 0.3) is 0 Å². The summed E-state index contributed by atoms with van der Waals surface area (Å²) in [6.45, 7) is 20.6. The second kappa shape index (κ2) is 38.0. The zero-order valence-corrected chi connectivity index (χ0v) is 31.3. The smallest absolute Gasteiger partial charge is 0.410 e. The summed E-state index contributed by atoms with van der Waals surface area (Å²) in [4.78, 5) is 13.3. The van der Waals surface area contributed by atoms with Gasteiger partial charge in [0.05, 0.1) is 152 Å². The van der Waals surface area contributed by atoms with Crippen LogP contribution in [0.3, 0.4) is 0 Å². The molecule has 0 unspecified atom stereocenters. The highest BCUT2D eigenvalue weighted by atomic mass is 16.6. The van der Waals surface area contributed by atoms with Crippen LogP contribution < -0.4 is 0 Å². The van der Waals surface area contributed by atoms with Crippen LogP contribution in [0, 0.1) is 0 Å². The molecule has 0 aromatic carbocycles. The highest BCUT2D eigenvalue weighted by Crippen LogP contribution is 2.08. The van der Waals surface area contributed by atoms with E-state index in [1.54, 1.807) is 7.05 Å². The van der Waals surface area contributed by atoms with Crippen molar-refractivity contribution >= 4 is 6.09 Å². The molecule has 0 fully saturated rings. The summed E-state index contributed by atoms with van der Waals surface area (Å²) in [5, 5.41) is 0. The molecule has 1 amide bonds. The van der Waals surface area contributed by atoms with Gasteiger partial charge in [-0.05, 0) is 27.2 Å². The lowest BCUT2D eigenvalue weighted by Crippen LogP contribution is -2.36. The van der Waals surface area contributed by atoms with Gasteiger partial charge in [0.25, 0.3) is 0 Å². The second-order valence-electron chi connectivity index (χ2n) is 11.6. The lowest BCUT2D eigenvalue weighted by atomic mass is 10.2. The Bertz CT molecular complexity index is 671. The maximum absolute atomic E-state index is 11.9. The van der Waals surface area contributed by atoms with Crippen molar-refractivity contribution in [1.29, 1.82) is 0 Å². The topological polar surface area (TPSA) is 140 Å². The van der Waals surface area contributed by atoms with Crippen molar-refractivity contribution in [3.63, 3.8) is 0 Å². The highest BCUT2D eigenvalue weighted by Gasteiger charge is 2.19. The molecule has 0 N–H and O–H groups in total. The SMILES string of the molecule is CCCCOCCOCCOCCOCCOCCOCCOCCOCCOCCOCCOCCOCCN(C)C(=O)OC(C)(C)C. The third-order valence-corrected chi connectivity index (χ3v) is 6.01. The van der Waals surface area contributed by atoms with Gasteiger partial charge in [0, 0.05) is 20.2 Å². The van der Waals surface area contributed by atoms with Gasteiger partial charge in [-0.2, -0.15) is 0 Å². The molecule has 0 bridgehead atoms. The van der Waals surface area contributed by atoms with Crippen molar-refractivity contribution in [3.8, 4) is 0 Å². The number of unbranched alkanes of at least 4 members (excludes halogenated alkanes) is 1. The van der Waals surface area contributed by atoms with E-state index in [2.05, 4.69) is 6.92 Å². The molecule has 15 heteroatoms. The Hall–Kier alpha value is -1.21. The van der Waals surface area contributed by atoms with E-state index in [1.165, 1.54) is 4.90 Å². The molecular weight excluding hydrogens is 646 g/mol. The monoisotopic (exact) mass is 715 g/mol. The van der Waals surface area contributed by atoms with E-state index in [-0.39, 0.29) is 6.09 Å². The second-order valence-corrected chi connectivity index (χ2v) is 11.6. The van der Waals surface area contributed by atoms with E-state index in [9.17, 15) is 4.79 Å². The number of amides is 1. The van der Waals surface area contributed by atoms with Gasteiger partial charge in [-0.3, -0.25) is 0 Å². The molecule has 0 saturated carbocycles. The predicted octanol–water partition coefficient (Wildman–Crippen LogP) is 2.85. The zero-order valence-electron chi connectivity index (χ0n) is 31.3. The average Bonchev–Trinajstić information content (AvgIpc) is 3.06. The number of rotatable bonds is 39. The maximum atomic E-state index is 11.9. The summed E-state index contributed by atoms with van der Waals surface area (Å²) in [5.41, 5.74) is -0.510. The Balaban J connectivity index is 3.13. The van der Waals surface area contributed by atoms with Crippen LogP contribution in [-0.4, -0.2) is 189 Å². The van der Waals surface area contributed by atoms with Gasteiger partial charge in [0.15, 0.2) is 0 Å². The van der Waals surface area contributed by atoms with Gasteiger partial charge < -0.3 is 66.5 Å². The fourth-order valence-electron chi connectivity index (χ4n) is 3.40. The van der Waals surface area contributed by atoms with Gasteiger partial charge in [-0.15, -0.1) is 0 Å². The Morgan fingerprint density at radius 2 is 0.633 bits per heavy atom. The fourth-order valence-corrected chi connectivity index (χ4v) is 3.40. The summed E-state index contributed by atoms with van der Waals surface area (Å²) in [7, 11) is 1.68. The maximum Gasteiger partial charge on any atom is 0.410 e. The van der Waals surface area contributed by atoms with Gasteiger partial charge in [-0.25, -0.2) is 4.79 Å². The first kappa shape index (κ1) is 47.8. The number of likely N-dealkylation sites (N-methyl/N-ethyl adjacent to an activating group) is 1. The molecule has 49 heavy (non-hydrogen) atoms. The van der Waals surface area contributed by atoms with Gasteiger partial charge >= 0.3 is 6.09 Å². The van der Waals surface area contributed by atoms with Crippen LogP contribution >= 0.6 is 0 Å². The minimum atomic E-state index is -0.510. The number of carbonyl (C=O) groups excluding carboxylic acids is 1. The van der Waals surface area contributed by atoms with Crippen molar-refractivity contribution in [2.24, 2.45) is 0 Å². The van der Waals surface area contributed by atoms with Crippen molar-refractivity contribution in [3.05, 3.63) is 0 Å². The molecule has 294 valence electrons. The van der Waals surface area contributed by atoms with Gasteiger partial charge in [-0.1, -0.05) is 13.3 Å². The zero-order chi connectivity index (χ0) is 35.9. The third-order valence-electron chi connectivity index (χ3n) is 6.01. The number of hydrogen-bond donors (Lipinski definition) is 0. The van der Waals surface area contributed by atoms with Crippen LogP contribution in [0.4, 0.5) is 4.79 Å². The first-order chi connectivity index (χ1) is 23.9. The van der Waals surface area contributed by atoms with Crippen LogP contribution in [0.15, 0.2) is 0 Å². The summed E-state index contributed by atoms with van der Waals surface area (Å²) in [6.07, 6.45) is 1.87. The van der Waals surface area contributed by atoms with Crippen molar-refractivity contribution in [1.82, 2.24) is 4.90 Å². The standard InChI is InChI=1S/C34H69NO14/c1-6-7-9-37-11-13-39-15-17-41-19-21-43-23-25-45-27-29-47-31-32-48-30-28-46-26-24-44-22-20-42-18-16-40-14-12-38-10-8-35(5)33(36)49-34(2,3)4/h6-32H2,1-5H3. The molecule has 15 nitrogen and oxygen atoms in total. The summed E-state index contributed by atoms with van der Waals surface area (Å²) < 4.78 is 70.9. The Kier molecular flexibility index (Phi) is 37.1. The molecule has 0 atom stereocenters. The molecule has 0 heterocycles. The van der Waals surface area contributed by atoms with E-state index in [0.29, 0.717) is 159 Å². The number of nitrogens with zero attached hydrogens (tertiary/aromatic N) is 1. The van der Waals surface area contributed by atoms with E-state index in [4.69, 9.17) is 61.6 Å². The van der Waals surface area contributed by atoms with E-state index in [1.807, 2.05) is 20.8 Å². The lowest BCUT2D eigenvalue weighted by molar-refractivity contribution is -0.0285. The van der Waals surface area contributed by atoms with Crippen LogP contribution in [0.1, 0.15) is 40.5 Å². The molecule has 0 spiro atoms. The minimum absolute atomic E-state index is 0.364. The first-order valence-corrected chi connectivity index (χ1v) is 17.7. The molecular formula is C34H69NO14. The Labute approximate surface area is 295 Å². The molecule has 0 radical (unpaired) electrons. The molecule has 0 saturated heterocycles. The average molecular weight is 716 g/mol. The molecule has 0 aliphatic carbocycles. The minimum Gasteiger partial charge on any atom is -0.444 e. The summed E-state index contributed by atoms with van der Waals surface area (Å²) in [6, 6.07) is 0.